The van der Waals surface area contributed by atoms with E-state index in [0.29, 0.717) is 62.3 Å². The smallest absolute Gasteiger partial charge is 0.343 e. The summed E-state index contributed by atoms with van der Waals surface area (Å²) in [6, 6.07) is 19.0. The predicted octanol–water partition coefficient (Wildman–Crippen LogP) is 3.65. The first kappa shape index (κ1) is 34.7. The van der Waals surface area contributed by atoms with Crippen LogP contribution in [-0.4, -0.2) is 89.1 Å². The van der Waals surface area contributed by atoms with E-state index in [9.17, 15) is 14.4 Å². The van der Waals surface area contributed by atoms with Gasteiger partial charge in [-0.3, -0.25) is 0 Å². The van der Waals surface area contributed by atoms with Crippen molar-refractivity contribution in [3.63, 3.8) is 0 Å². The lowest BCUT2D eigenvalue weighted by Crippen LogP contribution is -2.13. The van der Waals surface area contributed by atoms with Gasteiger partial charge in [-0.05, 0) is 72.8 Å². The molecular weight excluding hydrogens is 588 g/mol. The number of aliphatic hydroxyl groups excluding tert-OH is 1. The van der Waals surface area contributed by atoms with Gasteiger partial charge in [-0.1, -0.05) is 6.58 Å². The molecule has 0 aliphatic carbocycles. The van der Waals surface area contributed by atoms with E-state index in [2.05, 4.69) is 6.58 Å². The molecule has 0 spiro atoms. The standard InChI is InChI=1S/C33H36O12/c1-2-31(35)43-24-21-40-18-17-39-20-23-42-28-9-5-26(6-10-28)33(37)45-30-13-11-29(12-14-30)44-32(36)25-3-7-27(8-4-25)41-22-19-38-16-15-34/h2-14,34H,1,15-24H2. The van der Waals surface area contributed by atoms with Gasteiger partial charge >= 0.3 is 17.9 Å². The summed E-state index contributed by atoms with van der Waals surface area (Å²) in [5.74, 6) is 0.0912. The number of carbonyl (C=O) groups excluding carboxylic acids is 3. The van der Waals surface area contributed by atoms with Crippen molar-refractivity contribution in [3.05, 3.63) is 96.6 Å². The fourth-order valence-corrected chi connectivity index (χ4v) is 3.47. The van der Waals surface area contributed by atoms with E-state index in [4.69, 9.17) is 43.0 Å². The molecule has 0 aromatic heterocycles. The zero-order chi connectivity index (χ0) is 32.1. The summed E-state index contributed by atoms with van der Waals surface area (Å²) in [5.41, 5.74) is 0.663. The topological polar surface area (TPSA) is 145 Å². The van der Waals surface area contributed by atoms with Gasteiger partial charge in [-0.15, -0.1) is 0 Å². The van der Waals surface area contributed by atoms with Gasteiger partial charge in [0.2, 0.25) is 0 Å². The van der Waals surface area contributed by atoms with Crippen molar-refractivity contribution < 1.29 is 57.4 Å². The lowest BCUT2D eigenvalue weighted by molar-refractivity contribution is -0.139. The maximum atomic E-state index is 12.6. The van der Waals surface area contributed by atoms with E-state index < -0.39 is 17.9 Å². The molecule has 3 aromatic carbocycles. The molecule has 0 saturated heterocycles. The summed E-state index contributed by atoms with van der Waals surface area (Å²) >= 11 is 0. The average Bonchev–Trinajstić information content (AvgIpc) is 3.06. The Morgan fingerprint density at radius 3 is 1.33 bits per heavy atom. The van der Waals surface area contributed by atoms with Gasteiger partial charge in [0.05, 0.1) is 57.4 Å². The summed E-state index contributed by atoms with van der Waals surface area (Å²) in [7, 11) is 0. The SMILES string of the molecule is C=CC(=O)OCCOCCOCCOc1ccc(C(=O)Oc2ccc(OC(=O)c3ccc(OCCOCCO)cc3)cc2)cc1. The van der Waals surface area contributed by atoms with Gasteiger partial charge in [0.15, 0.2) is 0 Å². The van der Waals surface area contributed by atoms with Crippen molar-refractivity contribution in [2.45, 2.75) is 0 Å². The Bertz CT molecular complexity index is 1320. The Labute approximate surface area is 261 Å². The van der Waals surface area contributed by atoms with Crippen molar-refractivity contribution in [1.82, 2.24) is 0 Å². The molecule has 0 unspecified atom stereocenters. The second kappa shape index (κ2) is 20.3. The zero-order valence-corrected chi connectivity index (χ0v) is 24.7. The Hall–Kier alpha value is -4.75. The molecule has 0 amide bonds. The van der Waals surface area contributed by atoms with Gasteiger partial charge in [-0.2, -0.15) is 0 Å². The fraction of sp³-hybridized carbons (Fsp3) is 0.303. The molecule has 0 aliphatic rings. The van der Waals surface area contributed by atoms with E-state index in [1.54, 1.807) is 48.5 Å². The number of ether oxygens (including phenoxy) is 8. The van der Waals surface area contributed by atoms with Crippen LogP contribution in [0.4, 0.5) is 0 Å². The van der Waals surface area contributed by atoms with Crippen LogP contribution in [0.2, 0.25) is 0 Å². The van der Waals surface area contributed by atoms with Gasteiger partial charge < -0.3 is 43.0 Å². The van der Waals surface area contributed by atoms with Crippen LogP contribution in [-0.2, 0) is 23.7 Å². The molecule has 12 heteroatoms. The molecule has 12 nitrogen and oxygen atoms in total. The molecule has 240 valence electrons. The lowest BCUT2D eigenvalue weighted by Gasteiger charge is -2.09. The Kier molecular flexibility index (Phi) is 15.6. The normalized spacial score (nSPS) is 10.5. The van der Waals surface area contributed by atoms with Crippen LogP contribution in [0.5, 0.6) is 23.0 Å². The number of benzene rings is 3. The van der Waals surface area contributed by atoms with Crippen molar-refractivity contribution in [3.8, 4) is 23.0 Å². The van der Waals surface area contributed by atoms with Crippen LogP contribution >= 0.6 is 0 Å². The molecule has 3 rings (SSSR count). The molecular formula is C33H36O12. The van der Waals surface area contributed by atoms with Crippen LogP contribution in [0.25, 0.3) is 0 Å². The molecule has 0 heterocycles. The maximum absolute atomic E-state index is 12.6. The van der Waals surface area contributed by atoms with Crippen LogP contribution in [0.1, 0.15) is 20.7 Å². The highest BCUT2D eigenvalue weighted by Gasteiger charge is 2.12. The highest BCUT2D eigenvalue weighted by Crippen LogP contribution is 2.21. The molecule has 0 atom stereocenters. The molecule has 0 fully saturated rings. The summed E-state index contributed by atoms with van der Waals surface area (Å²) in [4.78, 5) is 35.9. The van der Waals surface area contributed by atoms with Gasteiger partial charge in [0, 0.05) is 6.08 Å². The van der Waals surface area contributed by atoms with E-state index in [1.807, 2.05) is 0 Å². The van der Waals surface area contributed by atoms with Gasteiger partial charge in [-0.25, -0.2) is 14.4 Å². The summed E-state index contributed by atoms with van der Waals surface area (Å²) < 4.78 is 42.5. The van der Waals surface area contributed by atoms with Crippen LogP contribution in [0.3, 0.4) is 0 Å². The monoisotopic (exact) mass is 624 g/mol. The minimum atomic E-state index is -0.559. The van der Waals surface area contributed by atoms with Crippen LogP contribution in [0, 0.1) is 0 Å². The molecule has 0 saturated carbocycles. The second-order valence-corrected chi connectivity index (χ2v) is 8.93. The maximum Gasteiger partial charge on any atom is 0.343 e. The van der Waals surface area contributed by atoms with Gasteiger partial charge in [0.25, 0.3) is 0 Å². The number of rotatable bonds is 21. The van der Waals surface area contributed by atoms with Gasteiger partial charge in [0.1, 0.15) is 42.8 Å². The minimum Gasteiger partial charge on any atom is -0.491 e. The highest BCUT2D eigenvalue weighted by molar-refractivity contribution is 5.92. The number of carbonyl (C=O) groups is 3. The van der Waals surface area contributed by atoms with E-state index in [1.165, 1.54) is 24.3 Å². The number of aliphatic hydroxyl groups is 1. The van der Waals surface area contributed by atoms with Crippen molar-refractivity contribution in [2.24, 2.45) is 0 Å². The quantitative estimate of drug-likeness (QED) is 0.0799. The summed E-state index contributed by atoms with van der Waals surface area (Å²) in [6.45, 7) is 5.96. The largest absolute Gasteiger partial charge is 0.491 e. The van der Waals surface area contributed by atoms with Crippen molar-refractivity contribution in [2.75, 3.05) is 66.1 Å². The molecule has 0 bridgehead atoms. The first-order valence-electron chi connectivity index (χ1n) is 14.1. The summed E-state index contributed by atoms with van der Waals surface area (Å²) in [6.07, 6.45) is 1.09. The molecule has 45 heavy (non-hydrogen) atoms. The van der Waals surface area contributed by atoms with E-state index in [0.717, 1.165) is 6.08 Å². The number of hydrogen-bond acceptors (Lipinski definition) is 12. The molecule has 0 radical (unpaired) electrons. The molecule has 3 aromatic rings. The Morgan fingerprint density at radius 2 is 0.911 bits per heavy atom. The first-order valence-corrected chi connectivity index (χ1v) is 14.1. The van der Waals surface area contributed by atoms with Crippen molar-refractivity contribution >= 4 is 17.9 Å². The van der Waals surface area contributed by atoms with E-state index >= 15 is 0 Å². The third-order valence-electron chi connectivity index (χ3n) is 5.66. The molecule has 0 aliphatic heterocycles. The lowest BCUT2D eigenvalue weighted by atomic mass is 10.2. The highest BCUT2D eigenvalue weighted by atomic mass is 16.6. The predicted molar refractivity (Wildman–Crippen MR) is 161 cm³/mol. The average molecular weight is 625 g/mol. The number of esters is 3. The molecule has 1 N–H and O–H groups in total. The minimum absolute atomic E-state index is 0.0463. The third-order valence-corrected chi connectivity index (χ3v) is 5.66. The zero-order valence-electron chi connectivity index (χ0n) is 24.7. The fourth-order valence-electron chi connectivity index (χ4n) is 3.47. The first-order chi connectivity index (χ1) is 22.0. The Balaban J connectivity index is 1.32. The van der Waals surface area contributed by atoms with Crippen LogP contribution in [0.15, 0.2) is 85.5 Å². The van der Waals surface area contributed by atoms with Crippen LogP contribution < -0.4 is 18.9 Å². The number of hydrogen-bond donors (Lipinski definition) is 1. The van der Waals surface area contributed by atoms with Crippen molar-refractivity contribution in [1.29, 1.82) is 0 Å². The summed E-state index contributed by atoms with van der Waals surface area (Å²) in [5, 5.41) is 8.69. The van der Waals surface area contributed by atoms with E-state index in [-0.39, 0.29) is 37.9 Å². The third kappa shape index (κ3) is 13.6. The second-order valence-electron chi connectivity index (χ2n) is 8.93. The Morgan fingerprint density at radius 1 is 0.533 bits per heavy atom.